The van der Waals surface area contributed by atoms with Crippen LogP contribution in [0.2, 0.25) is 0 Å². The van der Waals surface area contributed by atoms with E-state index in [1.165, 1.54) is 7.11 Å². The number of hydrogen-bond acceptors (Lipinski definition) is 4. The van der Waals surface area contributed by atoms with Crippen molar-refractivity contribution in [2.45, 2.75) is 6.92 Å². The lowest BCUT2D eigenvalue weighted by Gasteiger charge is -2.14. The number of anilines is 1. The van der Waals surface area contributed by atoms with Gasteiger partial charge in [-0.25, -0.2) is 0 Å². The number of aromatic nitrogens is 1. The number of likely N-dealkylation sites (tertiary alicyclic amines) is 1. The predicted octanol–water partition coefficient (Wildman–Crippen LogP) is 0.478. The normalized spacial score (nSPS) is 23.1. The fraction of sp³-hybridized carbons (Fsp3) is 0.500. The Morgan fingerprint density at radius 1 is 1.50 bits per heavy atom. The van der Waals surface area contributed by atoms with Crippen molar-refractivity contribution >= 4 is 17.6 Å². The van der Waals surface area contributed by atoms with Crippen molar-refractivity contribution in [2.24, 2.45) is 11.8 Å². The molecule has 0 bridgehead atoms. The molecule has 1 aromatic rings. The first-order valence-electron chi connectivity index (χ1n) is 5.84. The molecule has 2 unspecified atom stereocenters. The number of methoxy groups -OCH3 is 1. The van der Waals surface area contributed by atoms with Crippen LogP contribution in [0.3, 0.4) is 0 Å². The molecule has 18 heavy (non-hydrogen) atoms. The lowest BCUT2D eigenvalue weighted by atomic mass is 9.99. The highest BCUT2D eigenvalue weighted by molar-refractivity contribution is 5.94. The fourth-order valence-corrected chi connectivity index (χ4v) is 2.30. The Morgan fingerprint density at radius 2 is 2.22 bits per heavy atom. The van der Waals surface area contributed by atoms with Crippen LogP contribution in [0.15, 0.2) is 12.3 Å². The van der Waals surface area contributed by atoms with E-state index in [4.69, 9.17) is 10.5 Å². The monoisotopic (exact) mass is 251 g/mol. The third-order valence-electron chi connectivity index (χ3n) is 3.34. The standard InChI is InChI=1S/C12H17N3O3/c1-7-5-15(6-9(7)12(17)18-2)11(16)10-3-8(13)4-14-10/h3-4,7,9,14H,5-6,13H2,1-2H3. The molecule has 2 rings (SSSR count). The SMILES string of the molecule is COC(=O)C1CN(C(=O)c2cc(N)c[nH]2)CC1C. The van der Waals surface area contributed by atoms with E-state index in [9.17, 15) is 9.59 Å². The van der Waals surface area contributed by atoms with Gasteiger partial charge in [0.25, 0.3) is 5.91 Å². The van der Waals surface area contributed by atoms with Crippen molar-refractivity contribution < 1.29 is 14.3 Å². The van der Waals surface area contributed by atoms with Crippen molar-refractivity contribution in [3.8, 4) is 0 Å². The van der Waals surface area contributed by atoms with E-state index in [0.717, 1.165) is 0 Å². The zero-order chi connectivity index (χ0) is 13.3. The number of H-pyrrole nitrogens is 1. The highest BCUT2D eigenvalue weighted by Gasteiger charge is 2.38. The fourth-order valence-electron chi connectivity index (χ4n) is 2.30. The number of esters is 1. The molecule has 98 valence electrons. The van der Waals surface area contributed by atoms with Gasteiger partial charge in [-0.05, 0) is 12.0 Å². The van der Waals surface area contributed by atoms with Crippen LogP contribution < -0.4 is 5.73 Å². The minimum Gasteiger partial charge on any atom is -0.469 e. The maximum atomic E-state index is 12.1. The molecule has 0 aliphatic carbocycles. The Labute approximate surface area is 105 Å². The summed E-state index contributed by atoms with van der Waals surface area (Å²) in [5.74, 6) is -0.534. The quantitative estimate of drug-likeness (QED) is 0.748. The summed E-state index contributed by atoms with van der Waals surface area (Å²) in [6, 6.07) is 1.60. The zero-order valence-electron chi connectivity index (χ0n) is 10.5. The Hall–Kier alpha value is -1.98. The van der Waals surface area contributed by atoms with Crippen LogP contribution in [-0.2, 0) is 9.53 Å². The van der Waals surface area contributed by atoms with Gasteiger partial charge < -0.3 is 20.4 Å². The number of hydrogen-bond donors (Lipinski definition) is 2. The van der Waals surface area contributed by atoms with E-state index in [1.807, 2.05) is 6.92 Å². The van der Waals surface area contributed by atoms with Crippen LogP contribution >= 0.6 is 0 Å². The number of amides is 1. The van der Waals surface area contributed by atoms with Gasteiger partial charge in [0.05, 0.1) is 13.0 Å². The number of nitrogens with two attached hydrogens (primary N) is 1. The molecule has 0 saturated carbocycles. The van der Waals surface area contributed by atoms with Crippen molar-refractivity contribution in [3.05, 3.63) is 18.0 Å². The first-order chi connectivity index (χ1) is 8.52. The molecule has 1 aliphatic heterocycles. The van der Waals surface area contributed by atoms with Crippen molar-refractivity contribution in [1.82, 2.24) is 9.88 Å². The predicted molar refractivity (Wildman–Crippen MR) is 65.8 cm³/mol. The summed E-state index contributed by atoms with van der Waals surface area (Å²) in [6.45, 7) is 2.89. The minimum atomic E-state index is -0.260. The van der Waals surface area contributed by atoms with Crippen LogP contribution in [0.4, 0.5) is 5.69 Å². The van der Waals surface area contributed by atoms with Crippen molar-refractivity contribution in [2.75, 3.05) is 25.9 Å². The Morgan fingerprint density at radius 3 is 2.78 bits per heavy atom. The molecule has 6 nitrogen and oxygen atoms in total. The van der Waals surface area contributed by atoms with Crippen LogP contribution in [0.1, 0.15) is 17.4 Å². The number of nitrogens with one attached hydrogen (secondary N) is 1. The molecule has 1 aliphatic rings. The molecule has 6 heteroatoms. The molecule has 0 radical (unpaired) electrons. The molecular formula is C12H17N3O3. The smallest absolute Gasteiger partial charge is 0.310 e. The summed E-state index contributed by atoms with van der Waals surface area (Å²) in [7, 11) is 1.37. The second kappa shape index (κ2) is 4.72. The van der Waals surface area contributed by atoms with Crippen molar-refractivity contribution in [1.29, 1.82) is 0 Å². The summed E-state index contributed by atoms with van der Waals surface area (Å²) in [5, 5.41) is 0. The van der Waals surface area contributed by atoms with E-state index < -0.39 is 0 Å². The number of nitrogen functional groups attached to an aromatic ring is 1. The number of ether oxygens (including phenoxy) is 1. The number of aromatic amines is 1. The Balaban J connectivity index is 2.08. The minimum absolute atomic E-state index is 0.105. The van der Waals surface area contributed by atoms with Gasteiger partial charge in [0.1, 0.15) is 5.69 Å². The van der Waals surface area contributed by atoms with Crippen molar-refractivity contribution in [3.63, 3.8) is 0 Å². The lowest BCUT2D eigenvalue weighted by Crippen LogP contribution is -2.30. The third kappa shape index (κ3) is 2.18. The third-order valence-corrected chi connectivity index (χ3v) is 3.34. The summed E-state index contributed by atoms with van der Waals surface area (Å²) >= 11 is 0. The van der Waals surface area contributed by atoms with Gasteiger partial charge in [0.15, 0.2) is 0 Å². The highest BCUT2D eigenvalue weighted by Crippen LogP contribution is 2.25. The molecule has 1 aromatic heterocycles. The molecule has 0 spiro atoms. The first kappa shape index (κ1) is 12.5. The largest absolute Gasteiger partial charge is 0.469 e. The second-order valence-electron chi connectivity index (χ2n) is 4.66. The van der Waals surface area contributed by atoms with Gasteiger partial charge in [-0.3, -0.25) is 9.59 Å². The molecule has 0 aromatic carbocycles. The molecule has 1 amide bonds. The van der Waals surface area contributed by atoms with Crippen LogP contribution in [0, 0.1) is 11.8 Å². The first-order valence-corrected chi connectivity index (χ1v) is 5.84. The van der Waals surface area contributed by atoms with E-state index >= 15 is 0 Å². The molecule has 1 fully saturated rings. The number of carbonyl (C=O) groups is 2. The zero-order valence-corrected chi connectivity index (χ0v) is 10.5. The molecule has 2 atom stereocenters. The topological polar surface area (TPSA) is 88.4 Å². The molecular weight excluding hydrogens is 234 g/mol. The Bertz CT molecular complexity index is 469. The van der Waals surface area contributed by atoms with Gasteiger partial charge in [-0.2, -0.15) is 0 Å². The summed E-state index contributed by atoms with van der Waals surface area (Å²) in [4.78, 5) is 28.2. The Kier molecular flexibility index (Phi) is 3.27. The maximum absolute atomic E-state index is 12.1. The van der Waals surface area contributed by atoms with Gasteiger partial charge in [-0.1, -0.05) is 6.92 Å². The summed E-state index contributed by atoms with van der Waals surface area (Å²) in [6.07, 6.45) is 1.57. The number of rotatable bonds is 2. The van der Waals surface area contributed by atoms with Gasteiger partial charge in [0, 0.05) is 25.0 Å². The van der Waals surface area contributed by atoms with Gasteiger partial charge in [0.2, 0.25) is 0 Å². The van der Waals surface area contributed by atoms with E-state index in [-0.39, 0.29) is 23.7 Å². The van der Waals surface area contributed by atoms with Crippen LogP contribution in [0.5, 0.6) is 0 Å². The average Bonchev–Trinajstić information content (AvgIpc) is 2.94. The lowest BCUT2D eigenvalue weighted by molar-refractivity contribution is -0.146. The molecule has 2 heterocycles. The highest BCUT2D eigenvalue weighted by atomic mass is 16.5. The van der Waals surface area contributed by atoms with Crippen LogP contribution in [0.25, 0.3) is 0 Å². The number of carbonyl (C=O) groups excluding carboxylic acids is 2. The van der Waals surface area contributed by atoms with E-state index in [0.29, 0.717) is 24.5 Å². The molecule has 1 saturated heterocycles. The average molecular weight is 251 g/mol. The number of nitrogens with zero attached hydrogens (tertiary/aromatic N) is 1. The van der Waals surface area contributed by atoms with Gasteiger partial charge in [-0.15, -0.1) is 0 Å². The maximum Gasteiger partial charge on any atom is 0.310 e. The van der Waals surface area contributed by atoms with E-state index in [2.05, 4.69) is 4.98 Å². The summed E-state index contributed by atoms with van der Waals surface area (Å²) in [5.41, 5.74) is 6.54. The second-order valence-corrected chi connectivity index (χ2v) is 4.66. The molecule has 3 N–H and O–H groups in total. The van der Waals surface area contributed by atoms with Gasteiger partial charge >= 0.3 is 5.97 Å². The van der Waals surface area contributed by atoms with Crippen LogP contribution in [-0.4, -0.2) is 42.0 Å². The van der Waals surface area contributed by atoms with E-state index in [1.54, 1.807) is 17.2 Å². The summed E-state index contributed by atoms with van der Waals surface area (Å²) < 4.78 is 4.74.